The maximum Gasteiger partial charge on any atom is 0.339 e. The molecule has 0 spiro atoms. The molecule has 0 aliphatic carbocycles. The number of esters is 1. The van der Waals surface area contributed by atoms with E-state index in [2.05, 4.69) is 5.32 Å². The number of cyclic esters (lactones) is 1. The van der Waals surface area contributed by atoms with E-state index in [0.29, 0.717) is 18.7 Å². The molecule has 0 aromatic heterocycles. The molecule has 2 aromatic carbocycles. The van der Waals surface area contributed by atoms with Gasteiger partial charge in [0.1, 0.15) is 4.90 Å². The Labute approximate surface area is 176 Å². The first kappa shape index (κ1) is 20.6. The fourth-order valence-corrected chi connectivity index (χ4v) is 5.62. The molecule has 8 heteroatoms. The van der Waals surface area contributed by atoms with Gasteiger partial charge in [-0.1, -0.05) is 36.8 Å². The number of rotatable bonds is 4. The van der Waals surface area contributed by atoms with Gasteiger partial charge in [-0.2, -0.15) is 4.31 Å². The van der Waals surface area contributed by atoms with Crippen LogP contribution in [0.5, 0.6) is 0 Å². The molecule has 1 atom stereocenters. The van der Waals surface area contributed by atoms with Crippen molar-refractivity contribution in [2.75, 3.05) is 18.4 Å². The van der Waals surface area contributed by atoms with E-state index in [4.69, 9.17) is 4.74 Å². The second-order valence-electron chi connectivity index (χ2n) is 7.87. The molecule has 0 saturated carbocycles. The van der Waals surface area contributed by atoms with Gasteiger partial charge in [0.05, 0.1) is 11.3 Å². The molecule has 1 saturated heterocycles. The fourth-order valence-electron chi connectivity index (χ4n) is 3.95. The summed E-state index contributed by atoms with van der Waals surface area (Å²) in [7, 11) is -3.74. The van der Waals surface area contributed by atoms with Crippen molar-refractivity contribution in [2.24, 2.45) is 0 Å². The lowest BCUT2D eigenvalue weighted by Crippen LogP contribution is -2.49. The van der Waals surface area contributed by atoms with E-state index < -0.39 is 27.5 Å². The highest BCUT2D eigenvalue weighted by Crippen LogP contribution is 2.31. The Balaban J connectivity index is 1.61. The molecule has 1 fully saturated rings. The summed E-state index contributed by atoms with van der Waals surface area (Å²) >= 11 is 0. The molecule has 2 aliphatic rings. The number of para-hydroxylation sites is 1. The number of nitrogens with zero attached hydrogens (tertiary/aromatic N) is 1. The van der Waals surface area contributed by atoms with Gasteiger partial charge >= 0.3 is 5.97 Å². The lowest BCUT2D eigenvalue weighted by Gasteiger charge is -2.33. The van der Waals surface area contributed by atoms with Gasteiger partial charge < -0.3 is 10.1 Å². The van der Waals surface area contributed by atoms with Crippen molar-refractivity contribution in [3.63, 3.8) is 0 Å². The summed E-state index contributed by atoms with van der Waals surface area (Å²) < 4.78 is 33.2. The maximum absolute atomic E-state index is 13.2. The van der Waals surface area contributed by atoms with Crippen LogP contribution in [0, 0.1) is 0 Å². The average Bonchev–Trinajstić information content (AvgIpc) is 2.74. The summed E-state index contributed by atoms with van der Waals surface area (Å²) in [4.78, 5) is 25.5. The van der Waals surface area contributed by atoms with Gasteiger partial charge in [0.2, 0.25) is 10.0 Å². The average molecular weight is 429 g/mol. The van der Waals surface area contributed by atoms with Crippen LogP contribution < -0.4 is 5.32 Å². The predicted octanol–water partition coefficient (Wildman–Crippen LogP) is 2.97. The Morgan fingerprint density at radius 2 is 1.70 bits per heavy atom. The molecular weight excluding hydrogens is 404 g/mol. The molecule has 7 nitrogen and oxygen atoms in total. The van der Waals surface area contributed by atoms with Crippen LogP contribution in [0.1, 0.15) is 42.1 Å². The van der Waals surface area contributed by atoms with Gasteiger partial charge in [-0.05, 0) is 43.5 Å². The molecule has 158 valence electrons. The zero-order chi connectivity index (χ0) is 21.4. The number of benzene rings is 2. The Hall–Kier alpha value is -2.71. The Morgan fingerprint density at radius 3 is 2.47 bits per heavy atom. The molecule has 2 aliphatic heterocycles. The highest BCUT2D eigenvalue weighted by Gasteiger charge is 2.43. The third-order valence-electron chi connectivity index (χ3n) is 5.63. The third kappa shape index (κ3) is 3.73. The lowest BCUT2D eigenvalue weighted by atomic mass is 9.89. The van der Waals surface area contributed by atoms with Gasteiger partial charge in [-0.15, -0.1) is 0 Å². The monoisotopic (exact) mass is 428 g/mol. The molecule has 0 radical (unpaired) electrons. The van der Waals surface area contributed by atoms with E-state index in [0.717, 1.165) is 24.8 Å². The summed E-state index contributed by atoms with van der Waals surface area (Å²) in [5, 5.41) is 2.70. The maximum atomic E-state index is 13.2. The van der Waals surface area contributed by atoms with Crippen LogP contribution in [0.15, 0.2) is 53.4 Å². The molecule has 1 unspecified atom stereocenters. The molecule has 2 aromatic rings. The summed E-state index contributed by atoms with van der Waals surface area (Å²) in [6.45, 7) is 2.48. The van der Waals surface area contributed by atoms with Crippen LogP contribution >= 0.6 is 0 Å². The van der Waals surface area contributed by atoms with Crippen molar-refractivity contribution in [3.05, 3.63) is 59.7 Å². The van der Waals surface area contributed by atoms with Gasteiger partial charge in [0.15, 0.2) is 5.60 Å². The first-order chi connectivity index (χ1) is 14.3. The van der Waals surface area contributed by atoms with Gasteiger partial charge in [0, 0.05) is 19.5 Å². The minimum atomic E-state index is -3.74. The van der Waals surface area contributed by atoms with Gasteiger partial charge in [-0.25, -0.2) is 13.2 Å². The number of amides is 1. The number of sulfonamides is 1. The van der Waals surface area contributed by atoms with Crippen LogP contribution in [0.2, 0.25) is 0 Å². The summed E-state index contributed by atoms with van der Waals surface area (Å²) in [6.07, 6.45) is 2.86. The minimum absolute atomic E-state index is 0.0476. The van der Waals surface area contributed by atoms with Crippen molar-refractivity contribution in [1.29, 1.82) is 0 Å². The number of carbonyl (C=O) groups excluding carboxylic acids is 2. The smallest absolute Gasteiger partial charge is 0.339 e. The molecule has 0 bridgehead atoms. The van der Waals surface area contributed by atoms with Crippen molar-refractivity contribution in [2.45, 2.75) is 43.1 Å². The summed E-state index contributed by atoms with van der Waals surface area (Å²) in [5.74, 6) is -1.13. The van der Waals surface area contributed by atoms with Crippen molar-refractivity contribution >= 4 is 27.6 Å². The zero-order valence-electron chi connectivity index (χ0n) is 16.8. The largest absolute Gasteiger partial charge is 0.445 e. The van der Waals surface area contributed by atoms with Crippen LogP contribution in [-0.4, -0.2) is 43.3 Å². The molecule has 4 rings (SSSR count). The number of piperidine rings is 1. The Bertz CT molecular complexity index is 1090. The Morgan fingerprint density at radius 1 is 1.03 bits per heavy atom. The van der Waals surface area contributed by atoms with E-state index in [-0.39, 0.29) is 17.0 Å². The number of fused-ring (bicyclic) bond motifs is 1. The SMILES string of the molecule is CC1(C(=O)Nc2ccccc2S(=O)(=O)N2CCCCC2)Cc2ccccc2C(=O)O1. The van der Waals surface area contributed by atoms with Crippen LogP contribution in [0.4, 0.5) is 5.69 Å². The second-order valence-corrected chi connectivity index (χ2v) is 9.78. The minimum Gasteiger partial charge on any atom is -0.445 e. The molecule has 2 heterocycles. The van der Waals surface area contributed by atoms with Crippen LogP contribution in [0.3, 0.4) is 0 Å². The first-order valence-corrected chi connectivity index (χ1v) is 11.5. The number of ether oxygens (including phenoxy) is 1. The topological polar surface area (TPSA) is 92.8 Å². The highest BCUT2D eigenvalue weighted by atomic mass is 32.2. The van der Waals surface area contributed by atoms with Crippen LogP contribution in [0.25, 0.3) is 0 Å². The standard InChI is InChI=1S/C22H24N2O5S/c1-22(15-16-9-3-4-10-17(16)20(25)29-22)21(26)23-18-11-5-6-12-19(18)30(27,28)24-13-7-2-8-14-24/h3-6,9-12H,2,7-8,13-15H2,1H3,(H,23,26). The van der Waals surface area contributed by atoms with Crippen molar-refractivity contribution in [1.82, 2.24) is 4.31 Å². The van der Waals surface area contributed by atoms with E-state index in [9.17, 15) is 18.0 Å². The van der Waals surface area contributed by atoms with E-state index in [1.54, 1.807) is 42.5 Å². The third-order valence-corrected chi connectivity index (χ3v) is 7.59. The number of nitrogens with one attached hydrogen (secondary N) is 1. The van der Waals surface area contributed by atoms with Crippen LogP contribution in [-0.2, 0) is 26.0 Å². The van der Waals surface area contributed by atoms with Gasteiger partial charge in [-0.3, -0.25) is 4.79 Å². The number of anilines is 1. The molecule has 1 N–H and O–H groups in total. The highest BCUT2D eigenvalue weighted by molar-refractivity contribution is 7.89. The predicted molar refractivity (Wildman–Crippen MR) is 112 cm³/mol. The molecule has 30 heavy (non-hydrogen) atoms. The van der Waals surface area contributed by atoms with E-state index in [1.165, 1.54) is 17.3 Å². The normalized spacial score (nSPS) is 22.1. The van der Waals surface area contributed by atoms with Gasteiger partial charge in [0.25, 0.3) is 5.91 Å². The second kappa shape index (κ2) is 7.85. The molecule has 1 amide bonds. The van der Waals surface area contributed by atoms with E-state index in [1.807, 2.05) is 0 Å². The van der Waals surface area contributed by atoms with E-state index >= 15 is 0 Å². The zero-order valence-corrected chi connectivity index (χ0v) is 17.6. The molecular formula is C22H24N2O5S. The summed E-state index contributed by atoms with van der Waals surface area (Å²) in [5.41, 5.74) is -0.0892. The fraction of sp³-hybridized carbons (Fsp3) is 0.364. The van der Waals surface area contributed by atoms with Crippen molar-refractivity contribution in [3.8, 4) is 0 Å². The Kier molecular flexibility index (Phi) is 5.38. The lowest BCUT2D eigenvalue weighted by molar-refractivity contribution is -0.134. The quantitative estimate of drug-likeness (QED) is 0.756. The number of carbonyl (C=O) groups is 2. The first-order valence-electron chi connectivity index (χ1n) is 10.0. The number of hydrogen-bond acceptors (Lipinski definition) is 5. The number of hydrogen-bond donors (Lipinski definition) is 1. The van der Waals surface area contributed by atoms with Crippen molar-refractivity contribution < 1.29 is 22.7 Å². The summed E-state index contributed by atoms with van der Waals surface area (Å²) in [6, 6.07) is 13.3.